The van der Waals surface area contributed by atoms with E-state index in [1.165, 1.54) is 51.4 Å². The minimum absolute atomic E-state index is 0.0527. The molecular formula is C44H54N4O9. The van der Waals surface area contributed by atoms with Crippen molar-refractivity contribution in [1.82, 2.24) is 19.9 Å². The molecule has 4 atom stereocenters. The maximum absolute atomic E-state index is 12.4. The molecule has 0 amide bonds. The Kier molecular flexibility index (Phi) is 15.8. The quantitative estimate of drug-likeness (QED) is 0.0490. The van der Waals surface area contributed by atoms with E-state index in [1.54, 1.807) is 24.8 Å². The lowest BCUT2D eigenvalue weighted by atomic mass is 9.92. The molecule has 6 rings (SSSR count). The molecule has 0 bridgehead atoms. The van der Waals surface area contributed by atoms with Crippen LogP contribution in [0.5, 0.6) is 12.0 Å². The van der Waals surface area contributed by atoms with Crippen LogP contribution in [0.1, 0.15) is 114 Å². The van der Waals surface area contributed by atoms with Gasteiger partial charge in [-0.15, -0.1) is 0 Å². The lowest BCUT2D eigenvalue weighted by molar-refractivity contribution is -0.107. The van der Waals surface area contributed by atoms with Gasteiger partial charge in [-0.25, -0.2) is 29.5 Å². The minimum Gasteiger partial charge on any atom is -0.463 e. The number of rotatable bonds is 24. The standard InChI is InChI=1S/C44H54N4O9/c1-3-5-7-9-11-17-23-51-41-45-25-31(26-46-41)33-19-13-15-21-35(33)39(37-29-53-43(49)55-37)57-40(38-30-54-44(50)56-38)36-22-16-14-20-34(36)32-27-47-42(48-28-32)52-24-18-12-10-8-6-4-2/h13-16,19-22,25-28,37-40H,3-12,17-18,23-24,29-30H2,1-2H3. The molecule has 4 heterocycles. The van der Waals surface area contributed by atoms with Crippen LogP contribution in [0, 0.1) is 0 Å². The molecule has 2 aliphatic rings. The summed E-state index contributed by atoms with van der Waals surface area (Å²) in [5, 5.41) is 0. The van der Waals surface area contributed by atoms with Crippen LogP contribution < -0.4 is 9.47 Å². The van der Waals surface area contributed by atoms with Gasteiger partial charge in [-0.3, -0.25) is 0 Å². The van der Waals surface area contributed by atoms with Crippen molar-refractivity contribution >= 4 is 12.3 Å². The Hall–Kier alpha value is -5.30. The monoisotopic (exact) mass is 782 g/mol. The van der Waals surface area contributed by atoms with Gasteiger partial charge < -0.3 is 33.2 Å². The molecule has 13 heteroatoms. The summed E-state index contributed by atoms with van der Waals surface area (Å²) in [7, 11) is 0. The Balaban J connectivity index is 1.24. The zero-order valence-electron chi connectivity index (χ0n) is 33.0. The summed E-state index contributed by atoms with van der Waals surface area (Å²) in [6, 6.07) is 15.8. The lowest BCUT2D eigenvalue weighted by Gasteiger charge is -2.31. The van der Waals surface area contributed by atoms with Gasteiger partial charge in [0, 0.05) is 35.9 Å². The first-order valence-corrected chi connectivity index (χ1v) is 20.4. The SMILES string of the molecule is CCCCCCCCOc1ncc(-c2ccccc2C(OC(c2ccccc2-c2cnc(OCCCCCCCC)nc2)C2COC(=O)O2)C2COC(=O)O2)cn1. The molecule has 2 aliphatic heterocycles. The second-order valence-electron chi connectivity index (χ2n) is 14.3. The van der Waals surface area contributed by atoms with E-state index in [4.69, 9.17) is 33.2 Å². The molecule has 4 aromatic rings. The van der Waals surface area contributed by atoms with Gasteiger partial charge in [0.1, 0.15) is 25.4 Å². The molecule has 2 fully saturated rings. The van der Waals surface area contributed by atoms with Gasteiger partial charge in [0.15, 0.2) is 12.2 Å². The van der Waals surface area contributed by atoms with Crippen LogP contribution in [0.4, 0.5) is 9.59 Å². The van der Waals surface area contributed by atoms with Gasteiger partial charge in [0.05, 0.1) is 13.2 Å². The molecule has 0 saturated carbocycles. The van der Waals surface area contributed by atoms with E-state index in [2.05, 4.69) is 33.8 Å². The second-order valence-corrected chi connectivity index (χ2v) is 14.3. The van der Waals surface area contributed by atoms with Gasteiger partial charge in [-0.2, -0.15) is 0 Å². The van der Waals surface area contributed by atoms with Gasteiger partial charge in [-0.05, 0) is 35.1 Å². The van der Waals surface area contributed by atoms with E-state index >= 15 is 0 Å². The first-order chi connectivity index (χ1) is 28.0. The maximum atomic E-state index is 12.4. The Morgan fingerprint density at radius 3 is 1.33 bits per heavy atom. The number of aromatic nitrogens is 4. The third-order valence-corrected chi connectivity index (χ3v) is 10.1. The van der Waals surface area contributed by atoms with Crippen LogP contribution in [-0.4, -0.2) is 70.9 Å². The molecule has 2 saturated heterocycles. The number of unbranched alkanes of at least 4 members (excludes halogenated alkanes) is 10. The number of cyclic esters (lactones) is 4. The van der Waals surface area contributed by atoms with Gasteiger partial charge >= 0.3 is 24.3 Å². The molecule has 304 valence electrons. The van der Waals surface area contributed by atoms with Crippen LogP contribution in [-0.2, 0) is 23.7 Å². The highest BCUT2D eigenvalue weighted by molar-refractivity contribution is 5.69. The molecule has 13 nitrogen and oxygen atoms in total. The van der Waals surface area contributed by atoms with E-state index in [1.807, 2.05) is 48.5 Å². The molecule has 57 heavy (non-hydrogen) atoms. The molecule has 0 N–H and O–H groups in total. The first-order valence-electron chi connectivity index (χ1n) is 20.4. The predicted octanol–water partition coefficient (Wildman–Crippen LogP) is 9.95. The Labute approximate surface area is 334 Å². The van der Waals surface area contributed by atoms with E-state index in [-0.39, 0.29) is 13.2 Å². The fourth-order valence-corrected chi connectivity index (χ4v) is 7.03. The van der Waals surface area contributed by atoms with Crippen LogP contribution >= 0.6 is 0 Å². The second kappa shape index (κ2) is 21.9. The summed E-state index contributed by atoms with van der Waals surface area (Å²) in [5.41, 5.74) is 4.30. The third-order valence-electron chi connectivity index (χ3n) is 10.1. The van der Waals surface area contributed by atoms with Crippen molar-refractivity contribution in [2.24, 2.45) is 0 Å². The smallest absolute Gasteiger partial charge is 0.463 e. The van der Waals surface area contributed by atoms with Gasteiger partial charge in [-0.1, -0.05) is 127 Å². The summed E-state index contributed by atoms with van der Waals surface area (Å²) in [6.07, 6.45) is 15.7. The predicted molar refractivity (Wildman–Crippen MR) is 212 cm³/mol. The minimum atomic E-state index is -0.886. The lowest BCUT2D eigenvalue weighted by Crippen LogP contribution is -2.31. The van der Waals surface area contributed by atoms with E-state index in [9.17, 15) is 9.59 Å². The number of hydrogen-bond donors (Lipinski definition) is 0. The molecule has 0 spiro atoms. The maximum Gasteiger partial charge on any atom is 0.508 e. The summed E-state index contributed by atoms with van der Waals surface area (Å²) in [4.78, 5) is 42.7. The summed E-state index contributed by atoms with van der Waals surface area (Å²) in [6.45, 7) is 5.41. The summed E-state index contributed by atoms with van der Waals surface area (Å²) in [5.74, 6) is 0. The van der Waals surface area contributed by atoms with Crippen molar-refractivity contribution < 1.29 is 42.7 Å². The molecule has 0 aliphatic carbocycles. The van der Waals surface area contributed by atoms with E-state index in [0.717, 1.165) is 36.8 Å². The normalized spacial score (nSPS) is 17.3. The number of hydrogen-bond acceptors (Lipinski definition) is 13. The van der Waals surface area contributed by atoms with Crippen LogP contribution in [0.3, 0.4) is 0 Å². The van der Waals surface area contributed by atoms with Crippen molar-refractivity contribution in [1.29, 1.82) is 0 Å². The Morgan fingerprint density at radius 1 is 0.561 bits per heavy atom. The number of nitrogens with zero attached hydrogens (tertiary/aromatic N) is 4. The van der Waals surface area contributed by atoms with Crippen LogP contribution in [0.25, 0.3) is 22.3 Å². The zero-order chi connectivity index (χ0) is 39.7. The number of benzene rings is 2. The van der Waals surface area contributed by atoms with Crippen molar-refractivity contribution in [2.75, 3.05) is 26.4 Å². The largest absolute Gasteiger partial charge is 0.508 e. The van der Waals surface area contributed by atoms with Gasteiger partial charge in [0.2, 0.25) is 0 Å². The van der Waals surface area contributed by atoms with Crippen LogP contribution in [0.2, 0.25) is 0 Å². The number of carbonyl (C=O) groups is 2. The summed E-state index contributed by atoms with van der Waals surface area (Å²) >= 11 is 0. The van der Waals surface area contributed by atoms with Crippen molar-refractivity contribution in [3.05, 3.63) is 84.4 Å². The topological polar surface area (TPSA) is 150 Å². The zero-order valence-corrected chi connectivity index (χ0v) is 33.0. The van der Waals surface area contributed by atoms with E-state index in [0.29, 0.717) is 47.5 Å². The fraction of sp³-hybridized carbons (Fsp3) is 0.500. The van der Waals surface area contributed by atoms with Crippen molar-refractivity contribution in [3.8, 4) is 34.3 Å². The van der Waals surface area contributed by atoms with Crippen molar-refractivity contribution in [2.45, 2.75) is 115 Å². The number of ether oxygens (including phenoxy) is 7. The van der Waals surface area contributed by atoms with Gasteiger partial charge in [0.25, 0.3) is 0 Å². The molecule has 4 unspecified atom stereocenters. The van der Waals surface area contributed by atoms with Crippen LogP contribution in [0.15, 0.2) is 73.3 Å². The number of carbonyl (C=O) groups excluding carboxylic acids is 2. The molecule has 0 radical (unpaired) electrons. The van der Waals surface area contributed by atoms with Crippen molar-refractivity contribution in [3.63, 3.8) is 0 Å². The van der Waals surface area contributed by atoms with E-state index < -0.39 is 36.7 Å². The highest BCUT2D eigenvalue weighted by Crippen LogP contribution is 2.42. The average Bonchev–Trinajstić information content (AvgIpc) is 3.88. The molecule has 2 aromatic carbocycles. The highest BCUT2D eigenvalue weighted by atomic mass is 16.8. The molecular weight excluding hydrogens is 729 g/mol. The fourth-order valence-electron chi connectivity index (χ4n) is 7.03. The summed E-state index contributed by atoms with van der Waals surface area (Å²) < 4.78 is 40.6. The highest BCUT2D eigenvalue weighted by Gasteiger charge is 2.43. The third kappa shape index (κ3) is 11.9. The first kappa shape index (κ1) is 41.3. The Morgan fingerprint density at radius 2 is 0.947 bits per heavy atom. The molecule has 2 aromatic heterocycles. The Bertz CT molecular complexity index is 1710. The average molecular weight is 783 g/mol.